The second kappa shape index (κ2) is 8.68. The molecule has 0 atom stereocenters. The first-order valence-electron chi connectivity index (χ1n) is 9.14. The molecule has 0 saturated heterocycles. The van der Waals surface area contributed by atoms with Crippen molar-refractivity contribution >= 4 is 34.7 Å². The van der Waals surface area contributed by atoms with Crippen molar-refractivity contribution in [2.75, 3.05) is 25.8 Å². The maximum Gasteiger partial charge on any atom is 0.261 e. The van der Waals surface area contributed by atoms with Gasteiger partial charge in [-0.25, -0.2) is 0 Å². The lowest BCUT2D eigenvalue weighted by Crippen LogP contribution is -2.57. The molecule has 0 radical (unpaired) electrons. The number of benzene rings is 2. The number of amides is 2. The summed E-state index contributed by atoms with van der Waals surface area (Å²) in [6, 6.07) is 16.1. The molecule has 2 aromatic rings. The molecule has 0 spiro atoms. The number of nitrogens with zero attached hydrogens (tertiary/aromatic N) is 1. The van der Waals surface area contributed by atoms with Crippen LogP contribution in [0.25, 0.3) is 5.57 Å². The van der Waals surface area contributed by atoms with Crippen LogP contribution in [0.15, 0.2) is 60.4 Å². The van der Waals surface area contributed by atoms with Gasteiger partial charge in [-0.3, -0.25) is 14.5 Å². The van der Waals surface area contributed by atoms with Crippen LogP contribution in [0.4, 0.5) is 5.69 Å². The number of ether oxygens (including phenoxy) is 2. The van der Waals surface area contributed by atoms with Gasteiger partial charge in [-0.15, -0.1) is 0 Å². The lowest BCUT2D eigenvalue weighted by atomic mass is 9.96. The summed E-state index contributed by atoms with van der Waals surface area (Å²) in [5.41, 5.74) is 0.486. The van der Waals surface area contributed by atoms with Crippen LogP contribution in [0.1, 0.15) is 19.4 Å². The highest BCUT2D eigenvalue weighted by atomic mass is 35.5. The van der Waals surface area contributed by atoms with E-state index in [1.807, 2.05) is 30.3 Å². The molecule has 1 aliphatic rings. The molecule has 7 heteroatoms. The Morgan fingerprint density at radius 3 is 2.59 bits per heavy atom. The number of hydrogen-bond acceptors (Lipinski definition) is 4. The van der Waals surface area contributed by atoms with Crippen molar-refractivity contribution < 1.29 is 19.1 Å². The second-order valence-corrected chi connectivity index (χ2v) is 7.56. The van der Waals surface area contributed by atoms with Crippen LogP contribution >= 0.6 is 11.6 Å². The molecule has 3 rings (SSSR count). The van der Waals surface area contributed by atoms with Gasteiger partial charge in [0.15, 0.2) is 6.73 Å². The molecule has 0 aliphatic carbocycles. The van der Waals surface area contributed by atoms with Gasteiger partial charge in [0.05, 0.1) is 5.57 Å². The molecule has 0 bridgehead atoms. The molecule has 0 unspecified atom stereocenters. The number of halogens is 1. The second-order valence-electron chi connectivity index (χ2n) is 7.13. The third-order valence-corrected chi connectivity index (χ3v) is 4.99. The SMILES string of the molecule is COCC1=C(c2ccccc2)C(=O)N(C(C)(C)C(=O)Nc2cccc(Cl)c2)CO1. The molecule has 0 saturated carbocycles. The van der Waals surface area contributed by atoms with E-state index in [1.165, 1.54) is 12.0 Å². The van der Waals surface area contributed by atoms with Gasteiger partial charge < -0.3 is 14.8 Å². The number of carbonyl (C=O) groups is 2. The highest BCUT2D eigenvalue weighted by Crippen LogP contribution is 2.31. The van der Waals surface area contributed by atoms with E-state index in [0.29, 0.717) is 27.6 Å². The molecule has 1 aliphatic heterocycles. The monoisotopic (exact) mass is 414 g/mol. The first kappa shape index (κ1) is 20.9. The predicted molar refractivity (Wildman–Crippen MR) is 112 cm³/mol. The average molecular weight is 415 g/mol. The van der Waals surface area contributed by atoms with E-state index in [4.69, 9.17) is 21.1 Å². The van der Waals surface area contributed by atoms with Gasteiger partial charge in [0.1, 0.15) is 17.9 Å². The summed E-state index contributed by atoms with van der Waals surface area (Å²) < 4.78 is 11.0. The van der Waals surface area contributed by atoms with E-state index in [9.17, 15) is 9.59 Å². The Kier molecular flexibility index (Phi) is 6.25. The predicted octanol–water partition coefficient (Wildman–Crippen LogP) is 3.93. The van der Waals surface area contributed by atoms with Crippen LogP contribution in [0, 0.1) is 0 Å². The summed E-state index contributed by atoms with van der Waals surface area (Å²) in [4.78, 5) is 27.8. The molecule has 0 aromatic heterocycles. The molecule has 152 valence electrons. The van der Waals surface area contributed by atoms with E-state index in [1.54, 1.807) is 38.1 Å². The summed E-state index contributed by atoms with van der Waals surface area (Å²) in [6.07, 6.45) is 0. The molecule has 1 heterocycles. The Labute approximate surface area is 175 Å². The van der Waals surface area contributed by atoms with E-state index in [2.05, 4.69) is 5.32 Å². The lowest BCUT2D eigenvalue weighted by Gasteiger charge is -2.40. The fraction of sp³-hybridized carbons (Fsp3) is 0.273. The summed E-state index contributed by atoms with van der Waals surface area (Å²) in [7, 11) is 1.54. The van der Waals surface area contributed by atoms with Crippen molar-refractivity contribution in [2.24, 2.45) is 0 Å². The largest absolute Gasteiger partial charge is 0.474 e. The van der Waals surface area contributed by atoms with Crippen LogP contribution in [-0.2, 0) is 19.1 Å². The van der Waals surface area contributed by atoms with Crippen molar-refractivity contribution in [1.29, 1.82) is 0 Å². The minimum absolute atomic E-state index is 0.0518. The molecular formula is C22H23ClN2O4. The van der Waals surface area contributed by atoms with Gasteiger partial charge in [0, 0.05) is 17.8 Å². The van der Waals surface area contributed by atoms with Crippen LogP contribution < -0.4 is 5.32 Å². The minimum Gasteiger partial charge on any atom is -0.474 e. The smallest absolute Gasteiger partial charge is 0.261 e. The Hall–Kier alpha value is -2.83. The van der Waals surface area contributed by atoms with Gasteiger partial charge >= 0.3 is 0 Å². The van der Waals surface area contributed by atoms with E-state index < -0.39 is 5.54 Å². The van der Waals surface area contributed by atoms with Crippen LogP contribution in [-0.4, -0.2) is 42.7 Å². The van der Waals surface area contributed by atoms with E-state index in [-0.39, 0.29) is 25.2 Å². The molecule has 29 heavy (non-hydrogen) atoms. The normalized spacial score (nSPS) is 14.6. The molecule has 2 aromatic carbocycles. The Morgan fingerprint density at radius 1 is 1.21 bits per heavy atom. The molecule has 1 N–H and O–H groups in total. The Morgan fingerprint density at radius 2 is 1.93 bits per heavy atom. The maximum absolute atomic E-state index is 13.4. The zero-order valence-corrected chi connectivity index (χ0v) is 17.3. The molecular weight excluding hydrogens is 392 g/mol. The summed E-state index contributed by atoms with van der Waals surface area (Å²) >= 11 is 5.99. The molecule has 2 amide bonds. The number of nitrogens with one attached hydrogen (secondary N) is 1. The molecule has 0 fully saturated rings. The third kappa shape index (κ3) is 4.44. The van der Waals surface area contributed by atoms with E-state index in [0.717, 1.165) is 0 Å². The number of anilines is 1. The first-order chi connectivity index (χ1) is 13.8. The van der Waals surface area contributed by atoms with Crippen LogP contribution in [0.2, 0.25) is 5.02 Å². The number of carbonyl (C=O) groups excluding carboxylic acids is 2. The quantitative estimate of drug-likeness (QED) is 0.777. The van der Waals surface area contributed by atoms with Crippen LogP contribution in [0.3, 0.4) is 0 Å². The summed E-state index contributed by atoms with van der Waals surface area (Å²) in [6.45, 7) is 3.47. The van der Waals surface area contributed by atoms with Crippen molar-refractivity contribution in [1.82, 2.24) is 4.90 Å². The zero-order chi connectivity index (χ0) is 21.0. The van der Waals surface area contributed by atoms with Gasteiger partial charge in [-0.2, -0.15) is 0 Å². The van der Waals surface area contributed by atoms with Crippen molar-refractivity contribution in [3.63, 3.8) is 0 Å². The van der Waals surface area contributed by atoms with Crippen molar-refractivity contribution in [3.8, 4) is 0 Å². The molecule has 6 nitrogen and oxygen atoms in total. The first-order valence-corrected chi connectivity index (χ1v) is 9.51. The topological polar surface area (TPSA) is 67.9 Å². The van der Waals surface area contributed by atoms with Crippen molar-refractivity contribution in [3.05, 3.63) is 70.9 Å². The average Bonchev–Trinajstić information content (AvgIpc) is 2.69. The highest BCUT2D eigenvalue weighted by Gasteiger charge is 2.42. The fourth-order valence-electron chi connectivity index (χ4n) is 3.05. The summed E-state index contributed by atoms with van der Waals surface area (Å²) in [5, 5.41) is 3.33. The zero-order valence-electron chi connectivity index (χ0n) is 16.6. The number of hydrogen-bond donors (Lipinski definition) is 1. The van der Waals surface area contributed by atoms with Crippen LogP contribution in [0.5, 0.6) is 0 Å². The minimum atomic E-state index is -1.17. The maximum atomic E-state index is 13.4. The standard InChI is InChI=1S/C22H23ClN2O4/c1-22(2,21(27)24-17-11-7-10-16(23)12-17)25-14-29-18(13-28-3)19(20(25)26)15-8-5-4-6-9-15/h4-12H,13-14H2,1-3H3,(H,24,27). The van der Waals surface area contributed by atoms with Crippen molar-refractivity contribution in [2.45, 2.75) is 19.4 Å². The fourth-order valence-corrected chi connectivity index (χ4v) is 3.24. The van der Waals surface area contributed by atoms with Gasteiger partial charge in [-0.1, -0.05) is 48.0 Å². The summed E-state index contributed by atoms with van der Waals surface area (Å²) in [5.74, 6) is -0.189. The van der Waals surface area contributed by atoms with Gasteiger partial charge in [-0.05, 0) is 37.6 Å². The number of rotatable bonds is 6. The highest BCUT2D eigenvalue weighted by molar-refractivity contribution is 6.31. The lowest BCUT2D eigenvalue weighted by molar-refractivity contribution is -0.147. The Balaban J connectivity index is 1.90. The van der Waals surface area contributed by atoms with Gasteiger partial charge in [0.25, 0.3) is 5.91 Å². The van der Waals surface area contributed by atoms with Gasteiger partial charge in [0.2, 0.25) is 5.91 Å². The van der Waals surface area contributed by atoms with E-state index >= 15 is 0 Å². The number of methoxy groups -OCH3 is 1. The Bertz CT molecular complexity index is 941. The third-order valence-electron chi connectivity index (χ3n) is 4.76.